The molecule has 2 aromatic rings. The molecule has 0 saturated heterocycles. The first-order chi connectivity index (χ1) is 12.4. The van der Waals surface area contributed by atoms with E-state index in [1.165, 1.54) is 50.3 Å². The van der Waals surface area contributed by atoms with Gasteiger partial charge in [-0.1, -0.05) is 57.2 Å². The maximum atomic E-state index is 11.5. The Bertz CT molecular complexity index is 815. The van der Waals surface area contributed by atoms with Gasteiger partial charge in [-0.15, -0.1) is 0 Å². The number of phenols is 1. The van der Waals surface area contributed by atoms with Gasteiger partial charge < -0.3 is 9.84 Å². The molecule has 0 fully saturated rings. The van der Waals surface area contributed by atoms with Crippen LogP contribution in [-0.2, 0) is 16.5 Å². The summed E-state index contributed by atoms with van der Waals surface area (Å²) in [6.45, 7) is 2.20. The molecule has 5 nitrogen and oxygen atoms in total. The van der Waals surface area contributed by atoms with Crippen molar-refractivity contribution in [3.8, 4) is 17.2 Å². The first-order valence-electron chi connectivity index (χ1n) is 8.98. The van der Waals surface area contributed by atoms with Crippen molar-refractivity contribution < 1.29 is 22.8 Å². The Kier molecular flexibility index (Phi) is 7.48. The molecule has 2 rings (SSSR count). The standard InChI is InChI=1S/C20H26O5S/c1-2-3-4-5-6-7-10-16-11-8-12-17(15-16)25-19-14-9-13-18(21)20(19)26(22,23)24/h8-9,11-15,21H,2-7,10H2,1H3,(H,22,23,24). The molecule has 2 aromatic carbocycles. The topological polar surface area (TPSA) is 83.8 Å². The number of aromatic hydroxyl groups is 1. The minimum Gasteiger partial charge on any atom is -0.506 e. The second-order valence-corrected chi connectivity index (χ2v) is 7.71. The van der Waals surface area contributed by atoms with Crippen LogP contribution in [0.1, 0.15) is 51.0 Å². The van der Waals surface area contributed by atoms with Gasteiger partial charge in [-0.05, 0) is 42.7 Å². The summed E-state index contributed by atoms with van der Waals surface area (Å²) in [5.41, 5.74) is 1.10. The predicted octanol–water partition coefficient (Wildman–Crippen LogP) is 5.33. The zero-order valence-electron chi connectivity index (χ0n) is 15.0. The van der Waals surface area contributed by atoms with Gasteiger partial charge in [0.2, 0.25) is 0 Å². The summed E-state index contributed by atoms with van der Waals surface area (Å²) < 4.78 is 37.9. The van der Waals surface area contributed by atoms with Crippen LogP contribution in [-0.4, -0.2) is 18.1 Å². The molecular formula is C20H26O5S. The normalized spacial score (nSPS) is 11.5. The highest BCUT2D eigenvalue weighted by Crippen LogP contribution is 2.35. The molecule has 0 amide bonds. The van der Waals surface area contributed by atoms with Crippen LogP contribution in [0, 0.1) is 0 Å². The molecule has 0 aliphatic carbocycles. The van der Waals surface area contributed by atoms with E-state index in [0.29, 0.717) is 5.75 Å². The molecular weight excluding hydrogens is 352 g/mol. The number of rotatable bonds is 10. The number of hydrogen-bond donors (Lipinski definition) is 2. The first-order valence-corrected chi connectivity index (χ1v) is 10.4. The van der Waals surface area contributed by atoms with Gasteiger partial charge in [-0.2, -0.15) is 8.42 Å². The summed E-state index contributed by atoms with van der Waals surface area (Å²) in [7, 11) is -4.59. The van der Waals surface area contributed by atoms with Crippen molar-refractivity contribution >= 4 is 10.1 Å². The maximum absolute atomic E-state index is 11.5. The molecule has 0 radical (unpaired) electrons. The Morgan fingerprint density at radius 1 is 0.962 bits per heavy atom. The molecule has 0 aliphatic rings. The smallest absolute Gasteiger partial charge is 0.301 e. The average Bonchev–Trinajstić information content (AvgIpc) is 2.57. The van der Waals surface area contributed by atoms with Crippen LogP contribution in [0.3, 0.4) is 0 Å². The number of phenolic OH excluding ortho intramolecular Hbond substituents is 1. The monoisotopic (exact) mass is 378 g/mol. The number of ether oxygens (including phenoxy) is 1. The van der Waals surface area contributed by atoms with Crippen molar-refractivity contribution in [2.45, 2.75) is 56.8 Å². The maximum Gasteiger partial charge on any atom is 0.301 e. The minimum atomic E-state index is -4.59. The molecule has 0 unspecified atom stereocenters. The zero-order chi connectivity index (χ0) is 19.0. The summed E-state index contributed by atoms with van der Waals surface area (Å²) in [5, 5.41) is 9.75. The highest BCUT2D eigenvalue weighted by atomic mass is 32.2. The highest BCUT2D eigenvalue weighted by molar-refractivity contribution is 7.86. The first kappa shape index (κ1) is 20.3. The van der Waals surface area contributed by atoms with E-state index in [0.717, 1.165) is 18.4 Å². The molecule has 0 bridgehead atoms. The molecule has 142 valence electrons. The molecule has 6 heteroatoms. The number of benzene rings is 2. The van der Waals surface area contributed by atoms with E-state index in [1.807, 2.05) is 18.2 Å². The van der Waals surface area contributed by atoms with E-state index in [2.05, 4.69) is 6.92 Å². The summed E-state index contributed by atoms with van der Waals surface area (Å²) in [6, 6.07) is 11.4. The van der Waals surface area contributed by atoms with Gasteiger partial charge in [0.15, 0.2) is 10.6 Å². The van der Waals surface area contributed by atoms with Crippen LogP contribution in [0.4, 0.5) is 0 Å². The number of aryl methyl sites for hydroxylation is 1. The zero-order valence-corrected chi connectivity index (χ0v) is 15.8. The number of unbranched alkanes of at least 4 members (excludes halogenated alkanes) is 5. The lowest BCUT2D eigenvalue weighted by atomic mass is 10.0. The Balaban J connectivity index is 2.04. The second-order valence-electron chi connectivity index (χ2n) is 6.35. The van der Waals surface area contributed by atoms with Crippen LogP contribution in [0.15, 0.2) is 47.4 Å². The van der Waals surface area contributed by atoms with Crippen molar-refractivity contribution in [2.24, 2.45) is 0 Å². The minimum absolute atomic E-state index is 0.107. The Hall–Kier alpha value is -2.05. The van der Waals surface area contributed by atoms with Crippen molar-refractivity contribution in [2.75, 3.05) is 0 Å². The van der Waals surface area contributed by atoms with Gasteiger partial charge >= 0.3 is 10.1 Å². The Morgan fingerprint density at radius 3 is 2.38 bits per heavy atom. The fraction of sp³-hybridized carbons (Fsp3) is 0.400. The largest absolute Gasteiger partial charge is 0.506 e. The van der Waals surface area contributed by atoms with Crippen molar-refractivity contribution in [3.05, 3.63) is 48.0 Å². The summed E-state index contributed by atoms with van der Waals surface area (Å²) in [6.07, 6.45) is 8.23. The van der Waals surface area contributed by atoms with Gasteiger partial charge in [0.25, 0.3) is 0 Å². The summed E-state index contributed by atoms with van der Waals surface area (Å²) in [5.74, 6) is -0.193. The van der Waals surface area contributed by atoms with Crippen molar-refractivity contribution in [1.29, 1.82) is 0 Å². The molecule has 0 atom stereocenters. The van der Waals surface area contributed by atoms with Crippen LogP contribution < -0.4 is 4.74 Å². The third-order valence-electron chi connectivity index (χ3n) is 4.16. The summed E-state index contributed by atoms with van der Waals surface area (Å²) >= 11 is 0. The van der Waals surface area contributed by atoms with Gasteiger partial charge in [0, 0.05) is 0 Å². The van der Waals surface area contributed by atoms with Crippen LogP contribution in [0.5, 0.6) is 17.2 Å². The fourth-order valence-corrected chi connectivity index (χ4v) is 3.54. The van der Waals surface area contributed by atoms with Gasteiger partial charge in [-0.3, -0.25) is 4.55 Å². The fourth-order valence-electron chi connectivity index (χ4n) is 2.84. The van der Waals surface area contributed by atoms with E-state index < -0.39 is 20.8 Å². The molecule has 2 N–H and O–H groups in total. The Labute approximate surface area is 155 Å². The molecule has 0 aliphatic heterocycles. The quantitative estimate of drug-likeness (QED) is 0.431. The van der Waals surface area contributed by atoms with Crippen LogP contribution in [0.25, 0.3) is 0 Å². The van der Waals surface area contributed by atoms with Crippen molar-refractivity contribution in [1.82, 2.24) is 0 Å². The van der Waals surface area contributed by atoms with E-state index in [-0.39, 0.29) is 5.75 Å². The third kappa shape index (κ3) is 6.04. The average molecular weight is 378 g/mol. The van der Waals surface area contributed by atoms with E-state index in [9.17, 15) is 18.1 Å². The lowest BCUT2D eigenvalue weighted by Crippen LogP contribution is -2.01. The lowest BCUT2D eigenvalue weighted by Gasteiger charge is -2.11. The molecule has 0 aromatic heterocycles. The molecule has 26 heavy (non-hydrogen) atoms. The molecule has 0 spiro atoms. The van der Waals surface area contributed by atoms with Crippen molar-refractivity contribution in [3.63, 3.8) is 0 Å². The van der Waals surface area contributed by atoms with Gasteiger partial charge in [-0.25, -0.2) is 0 Å². The highest BCUT2D eigenvalue weighted by Gasteiger charge is 2.22. The van der Waals surface area contributed by atoms with Gasteiger partial charge in [0.1, 0.15) is 11.5 Å². The third-order valence-corrected chi connectivity index (χ3v) is 5.09. The predicted molar refractivity (Wildman–Crippen MR) is 102 cm³/mol. The Morgan fingerprint density at radius 2 is 1.65 bits per heavy atom. The van der Waals surface area contributed by atoms with E-state index in [1.54, 1.807) is 6.07 Å². The molecule has 0 saturated carbocycles. The van der Waals surface area contributed by atoms with Gasteiger partial charge in [0.05, 0.1) is 0 Å². The van der Waals surface area contributed by atoms with Crippen LogP contribution >= 0.6 is 0 Å². The number of hydrogen-bond acceptors (Lipinski definition) is 4. The van der Waals surface area contributed by atoms with E-state index >= 15 is 0 Å². The SMILES string of the molecule is CCCCCCCCc1cccc(Oc2cccc(O)c2S(=O)(=O)O)c1. The lowest BCUT2D eigenvalue weighted by molar-refractivity contribution is 0.415. The molecule has 0 heterocycles. The van der Waals surface area contributed by atoms with E-state index in [4.69, 9.17) is 4.74 Å². The summed E-state index contributed by atoms with van der Waals surface area (Å²) in [4.78, 5) is -0.624. The van der Waals surface area contributed by atoms with Crippen LogP contribution in [0.2, 0.25) is 0 Å². The second kappa shape index (κ2) is 9.59.